The zero-order chi connectivity index (χ0) is 21.6. The minimum absolute atomic E-state index is 0.0299. The largest absolute Gasteiger partial charge is 0.446 e. The zero-order valence-electron chi connectivity index (χ0n) is 19.7. The Morgan fingerprint density at radius 2 is 1.87 bits per heavy atom. The van der Waals surface area contributed by atoms with Crippen molar-refractivity contribution in [1.29, 1.82) is 0 Å². The Labute approximate surface area is 188 Å². The lowest BCUT2D eigenvalue weighted by Gasteiger charge is -2.60. The number of nitrogens with one attached hydrogen (secondary N) is 1. The van der Waals surface area contributed by atoms with Crippen LogP contribution in [-0.2, 0) is 9.53 Å². The number of hydrogen-bond acceptors (Lipinski definition) is 4. The van der Waals surface area contributed by atoms with E-state index >= 15 is 0 Å². The van der Waals surface area contributed by atoms with Gasteiger partial charge in [0.15, 0.2) is 0 Å². The molecule has 5 nitrogen and oxygen atoms in total. The molecule has 7 unspecified atom stereocenters. The minimum atomic E-state index is -0.223. The van der Waals surface area contributed by atoms with Crippen molar-refractivity contribution in [3.05, 3.63) is 0 Å². The number of ether oxygens (including phenoxy) is 1. The summed E-state index contributed by atoms with van der Waals surface area (Å²) in [6, 6.07) is 0. The second-order valence-electron chi connectivity index (χ2n) is 11.9. The van der Waals surface area contributed by atoms with E-state index in [0.717, 1.165) is 63.6 Å². The van der Waals surface area contributed by atoms with Crippen LogP contribution in [0.3, 0.4) is 0 Å². The van der Waals surface area contributed by atoms with Crippen molar-refractivity contribution in [3.8, 4) is 0 Å². The predicted molar refractivity (Wildman–Crippen MR) is 121 cm³/mol. The predicted octanol–water partition coefficient (Wildman–Crippen LogP) is 4.79. The van der Waals surface area contributed by atoms with E-state index < -0.39 is 0 Å². The first kappa shape index (κ1) is 21.7. The first-order valence-electron chi connectivity index (χ1n) is 13.1. The molecule has 5 aliphatic rings. The van der Waals surface area contributed by atoms with Crippen LogP contribution in [0.15, 0.2) is 0 Å². The highest BCUT2D eigenvalue weighted by molar-refractivity contribution is 5.87. The quantitative estimate of drug-likeness (QED) is 0.697. The zero-order valence-corrected chi connectivity index (χ0v) is 19.7. The molecule has 1 saturated heterocycles. The van der Waals surface area contributed by atoms with Gasteiger partial charge in [0.1, 0.15) is 11.9 Å². The van der Waals surface area contributed by atoms with Gasteiger partial charge in [-0.1, -0.05) is 13.8 Å². The third-order valence-electron chi connectivity index (χ3n) is 10.5. The summed E-state index contributed by atoms with van der Waals surface area (Å²) in [5.74, 6) is 3.30. The summed E-state index contributed by atoms with van der Waals surface area (Å²) in [5, 5.41) is 2.98. The lowest BCUT2D eigenvalue weighted by molar-refractivity contribution is -0.142. The van der Waals surface area contributed by atoms with E-state index in [-0.39, 0.29) is 17.6 Å². The molecular weight excluding hydrogens is 388 g/mol. The molecule has 5 rings (SSSR count). The highest BCUT2D eigenvalue weighted by Crippen LogP contribution is 2.65. The van der Waals surface area contributed by atoms with Crippen LogP contribution in [0.25, 0.3) is 0 Å². The fourth-order valence-electron chi connectivity index (χ4n) is 8.61. The molecule has 1 heterocycles. The maximum Gasteiger partial charge on any atom is 0.407 e. The highest BCUT2D eigenvalue weighted by Gasteiger charge is 2.60. The van der Waals surface area contributed by atoms with Gasteiger partial charge in [-0.3, -0.25) is 4.79 Å². The maximum absolute atomic E-state index is 12.6. The molecule has 0 aromatic carbocycles. The summed E-state index contributed by atoms with van der Waals surface area (Å²) >= 11 is 0. The third-order valence-corrected chi connectivity index (χ3v) is 10.5. The number of rotatable bonds is 4. The number of fused-ring (bicyclic) bond motifs is 5. The number of ketones is 1. The number of Topliss-reactive ketones (excluding diaryl/α,β-unsaturated/α-hetero) is 1. The van der Waals surface area contributed by atoms with Crippen molar-refractivity contribution >= 4 is 11.9 Å². The minimum Gasteiger partial charge on any atom is -0.446 e. The van der Waals surface area contributed by atoms with E-state index in [4.69, 9.17) is 4.74 Å². The van der Waals surface area contributed by atoms with Crippen LogP contribution in [0.2, 0.25) is 0 Å². The Morgan fingerprint density at radius 3 is 2.68 bits per heavy atom. The molecule has 1 aliphatic heterocycles. The standard InChI is InChI=1S/C26H42N2O3/c1-25-11-9-19(31-24(30)27-13-16-28-14-3-4-15-28)17-18(25)5-6-20-21-7-8-23(29)26(21,2)12-10-22(20)25/h18-22H,3-17H2,1-2H3,(H,27,30). The molecule has 5 heteroatoms. The molecular formula is C26H42N2O3. The number of carbonyl (C=O) groups is 2. The first-order chi connectivity index (χ1) is 14.9. The Hall–Kier alpha value is -1.10. The highest BCUT2D eigenvalue weighted by atomic mass is 16.6. The number of likely N-dealkylation sites (tertiary alicyclic amines) is 1. The Balaban J connectivity index is 1.15. The lowest BCUT2D eigenvalue weighted by Crippen LogP contribution is -2.54. The molecule has 0 radical (unpaired) electrons. The van der Waals surface area contributed by atoms with Gasteiger partial charge in [0.05, 0.1) is 0 Å². The van der Waals surface area contributed by atoms with Crippen molar-refractivity contribution in [2.75, 3.05) is 26.2 Å². The van der Waals surface area contributed by atoms with Crippen molar-refractivity contribution in [2.24, 2.45) is 34.5 Å². The molecule has 0 bridgehead atoms. The molecule has 4 saturated carbocycles. The van der Waals surface area contributed by atoms with E-state index in [2.05, 4.69) is 24.1 Å². The molecule has 174 valence electrons. The topological polar surface area (TPSA) is 58.6 Å². The van der Waals surface area contributed by atoms with Gasteiger partial charge in [-0.25, -0.2) is 4.79 Å². The van der Waals surface area contributed by atoms with Crippen molar-refractivity contribution in [1.82, 2.24) is 10.2 Å². The number of nitrogens with zero attached hydrogens (tertiary/aromatic N) is 1. The Morgan fingerprint density at radius 1 is 1.06 bits per heavy atom. The molecule has 1 N–H and O–H groups in total. The average Bonchev–Trinajstić information content (AvgIpc) is 3.36. The van der Waals surface area contributed by atoms with Crippen LogP contribution in [0.5, 0.6) is 0 Å². The van der Waals surface area contributed by atoms with Gasteiger partial charge < -0.3 is 15.0 Å². The second-order valence-corrected chi connectivity index (χ2v) is 11.9. The summed E-state index contributed by atoms with van der Waals surface area (Å²) < 4.78 is 5.87. The fourth-order valence-corrected chi connectivity index (χ4v) is 8.61. The molecule has 5 fully saturated rings. The van der Waals surface area contributed by atoms with E-state index in [9.17, 15) is 9.59 Å². The van der Waals surface area contributed by atoms with Gasteiger partial charge in [-0.15, -0.1) is 0 Å². The third kappa shape index (κ3) is 3.83. The Kier molecular flexibility index (Phi) is 5.85. The van der Waals surface area contributed by atoms with Gasteiger partial charge in [-0.2, -0.15) is 0 Å². The average molecular weight is 431 g/mol. The van der Waals surface area contributed by atoms with Gasteiger partial charge >= 0.3 is 6.09 Å². The van der Waals surface area contributed by atoms with Gasteiger partial charge in [-0.05, 0) is 106 Å². The first-order valence-corrected chi connectivity index (χ1v) is 13.1. The van der Waals surface area contributed by atoms with E-state index in [0.29, 0.717) is 29.6 Å². The summed E-state index contributed by atoms with van der Waals surface area (Å²) in [6.07, 6.45) is 12.4. The Bertz CT molecular complexity index is 705. The monoisotopic (exact) mass is 430 g/mol. The van der Waals surface area contributed by atoms with Crippen LogP contribution >= 0.6 is 0 Å². The van der Waals surface area contributed by atoms with Crippen LogP contribution in [-0.4, -0.2) is 49.1 Å². The molecule has 0 aromatic heterocycles. The van der Waals surface area contributed by atoms with Crippen LogP contribution < -0.4 is 5.32 Å². The van der Waals surface area contributed by atoms with Crippen LogP contribution in [0, 0.1) is 34.5 Å². The number of alkyl carbamates (subject to hydrolysis) is 1. The maximum atomic E-state index is 12.6. The van der Waals surface area contributed by atoms with Crippen molar-refractivity contribution < 1.29 is 14.3 Å². The van der Waals surface area contributed by atoms with Gasteiger partial charge in [0.25, 0.3) is 0 Å². The van der Waals surface area contributed by atoms with Crippen molar-refractivity contribution in [2.45, 2.75) is 90.6 Å². The number of carbonyl (C=O) groups excluding carboxylic acids is 2. The number of amides is 1. The van der Waals surface area contributed by atoms with E-state index in [1.54, 1.807) is 0 Å². The molecule has 4 aliphatic carbocycles. The van der Waals surface area contributed by atoms with E-state index in [1.807, 2.05) is 0 Å². The summed E-state index contributed by atoms with van der Waals surface area (Å²) in [4.78, 5) is 27.4. The molecule has 0 aromatic rings. The summed E-state index contributed by atoms with van der Waals surface area (Å²) in [6.45, 7) is 8.75. The summed E-state index contributed by atoms with van der Waals surface area (Å²) in [5.41, 5.74) is 0.333. The molecule has 0 spiro atoms. The molecule has 7 atom stereocenters. The fraction of sp³-hybridized carbons (Fsp3) is 0.923. The smallest absolute Gasteiger partial charge is 0.407 e. The summed E-state index contributed by atoms with van der Waals surface area (Å²) in [7, 11) is 0. The number of hydrogen-bond donors (Lipinski definition) is 1. The van der Waals surface area contributed by atoms with E-state index in [1.165, 1.54) is 38.5 Å². The molecule has 31 heavy (non-hydrogen) atoms. The molecule has 1 amide bonds. The van der Waals surface area contributed by atoms with Crippen LogP contribution in [0.4, 0.5) is 4.79 Å². The van der Waals surface area contributed by atoms with Crippen LogP contribution in [0.1, 0.15) is 84.5 Å². The SMILES string of the molecule is CC12CCC3C(CCC4CC(OC(=O)NCCN5CCCC5)CCC43C)C1CCC2=O. The van der Waals surface area contributed by atoms with Crippen molar-refractivity contribution in [3.63, 3.8) is 0 Å². The second kappa shape index (κ2) is 8.35. The normalized spacial score (nSPS) is 45.0. The van der Waals surface area contributed by atoms with Gasteiger partial charge in [0, 0.05) is 24.9 Å². The van der Waals surface area contributed by atoms with Gasteiger partial charge in [0.2, 0.25) is 0 Å². The lowest BCUT2D eigenvalue weighted by atomic mass is 9.45.